The summed E-state index contributed by atoms with van der Waals surface area (Å²) in [6.45, 7) is 12.8. The number of hydrogen-bond acceptors (Lipinski definition) is 3. The SMILES string of the molecule is CC[NH+]1CCN(C(=O)[C@]23CC[C@](C)(C(=O)O2)C3(C)C)CC1. The first-order valence-corrected chi connectivity index (χ1v) is 8.15. The average molecular weight is 295 g/mol. The van der Waals surface area contributed by atoms with E-state index in [9.17, 15) is 9.59 Å². The number of amides is 1. The van der Waals surface area contributed by atoms with Crippen molar-refractivity contribution in [3.63, 3.8) is 0 Å². The minimum Gasteiger partial charge on any atom is -0.448 e. The number of ether oxygens (including phenoxy) is 1. The van der Waals surface area contributed by atoms with Crippen LogP contribution < -0.4 is 4.90 Å². The zero-order chi connectivity index (χ0) is 15.5. The first-order chi connectivity index (χ1) is 9.78. The van der Waals surface area contributed by atoms with Gasteiger partial charge in [0.05, 0.1) is 38.1 Å². The minimum atomic E-state index is -0.928. The first-order valence-electron chi connectivity index (χ1n) is 8.15. The molecule has 2 atom stereocenters. The largest absolute Gasteiger partial charge is 0.448 e. The van der Waals surface area contributed by atoms with Crippen molar-refractivity contribution < 1.29 is 19.2 Å². The van der Waals surface area contributed by atoms with Gasteiger partial charge in [-0.25, -0.2) is 0 Å². The molecular formula is C16H27N2O3+. The lowest BCUT2D eigenvalue weighted by molar-refractivity contribution is -0.902. The number of hydrogen-bond donors (Lipinski definition) is 1. The highest BCUT2D eigenvalue weighted by molar-refractivity contribution is 5.96. The molecule has 1 saturated carbocycles. The van der Waals surface area contributed by atoms with E-state index in [0.717, 1.165) is 39.1 Å². The zero-order valence-corrected chi connectivity index (χ0v) is 13.6. The molecule has 2 bridgehead atoms. The van der Waals surface area contributed by atoms with Gasteiger partial charge in [0.2, 0.25) is 0 Å². The van der Waals surface area contributed by atoms with Crippen molar-refractivity contribution in [3.05, 3.63) is 0 Å². The molecule has 1 amide bonds. The first kappa shape index (κ1) is 14.8. The quantitative estimate of drug-likeness (QED) is 0.721. The van der Waals surface area contributed by atoms with E-state index in [0.29, 0.717) is 6.42 Å². The molecule has 1 N–H and O–H groups in total. The second-order valence-corrected chi connectivity index (χ2v) is 7.57. The number of rotatable bonds is 2. The standard InChI is InChI=1S/C16H26N2O3/c1-5-17-8-10-18(11-9-17)12(19)16-7-6-15(4,13(20)21-16)14(16,2)3/h5-11H2,1-4H3/p+1/t15-,16+/m1/s1. The Morgan fingerprint density at radius 1 is 1.24 bits per heavy atom. The third kappa shape index (κ3) is 1.67. The van der Waals surface area contributed by atoms with Crippen LogP contribution in [0.25, 0.3) is 0 Å². The predicted octanol–water partition coefficient (Wildman–Crippen LogP) is -0.145. The predicted molar refractivity (Wildman–Crippen MR) is 77.8 cm³/mol. The molecule has 3 fully saturated rings. The fourth-order valence-electron chi connectivity index (χ4n) is 4.36. The number of carbonyl (C=O) groups is 2. The van der Waals surface area contributed by atoms with Crippen LogP contribution in [0.3, 0.4) is 0 Å². The maximum atomic E-state index is 13.1. The summed E-state index contributed by atoms with van der Waals surface area (Å²) in [5.74, 6) is -0.151. The Bertz CT molecular complexity index is 482. The van der Waals surface area contributed by atoms with E-state index in [1.54, 1.807) is 0 Å². The van der Waals surface area contributed by atoms with Crippen molar-refractivity contribution in [3.8, 4) is 0 Å². The van der Waals surface area contributed by atoms with Gasteiger partial charge in [-0.2, -0.15) is 0 Å². The van der Waals surface area contributed by atoms with Crippen LogP contribution in [-0.2, 0) is 14.3 Å². The zero-order valence-electron chi connectivity index (χ0n) is 13.6. The fraction of sp³-hybridized carbons (Fsp3) is 0.875. The Hall–Kier alpha value is -1.10. The highest BCUT2D eigenvalue weighted by Crippen LogP contribution is 2.65. The molecule has 0 unspecified atom stereocenters. The second kappa shape index (κ2) is 4.45. The average Bonchev–Trinajstić information content (AvgIpc) is 2.77. The van der Waals surface area contributed by atoms with E-state index < -0.39 is 16.4 Å². The van der Waals surface area contributed by atoms with Gasteiger partial charge in [0.25, 0.3) is 5.91 Å². The second-order valence-electron chi connectivity index (χ2n) is 7.57. The fourth-order valence-corrected chi connectivity index (χ4v) is 4.36. The monoisotopic (exact) mass is 295 g/mol. The van der Waals surface area contributed by atoms with Crippen molar-refractivity contribution in [2.75, 3.05) is 32.7 Å². The molecule has 0 radical (unpaired) electrons. The maximum Gasteiger partial charge on any atom is 0.313 e. The van der Waals surface area contributed by atoms with Crippen molar-refractivity contribution in [1.29, 1.82) is 0 Å². The molecule has 2 aliphatic heterocycles. The number of quaternary nitrogens is 1. The molecule has 0 aromatic rings. The molecule has 0 spiro atoms. The molecule has 0 aromatic heterocycles. The molecule has 2 heterocycles. The van der Waals surface area contributed by atoms with E-state index in [1.807, 2.05) is 25.7 Å². The minimum absolute atomic E-state index is 0.0391. The van der Waals surface area contributed by atoms with Crippen LogP contribution in [0.15, 0.2) is 0 Å². The highest BCUT2D eigenvalue weighted by atomic mass is 16.6. The summed E-state index contributed by atoms with van der Waals surface area (Å²) >= 11 is 0. The van der Waals surface area contributed by atoms with Crippen LogP contribution in [0.1, 0.15) is 40.5 Å². The smallest absolute Gasteiger partial charge is 0.313 e. The number of fused-ring (bicyclic) bond motifs is 2. The topological polar surface area (TPSA) is 51.0 Å². The molecule has 1 aliphatic carbocycles. The highest BCUT2D eigenvalue weighted by Gasteiger charge is 2.76. The van der Waals surface area contributed by atoms with E-state index >= 15 is 0 Å². The molecule has 118 valence electrons. The van der Waals surface area contributed by atoms with Crippen molar-refractivity contribution >= 4 is 11.9 Å². The van der Waals surface area contributed by atoms with Crippen LogP contribution in [0.5, 0.6) is 0 Å². The summed E-state index contributed by atoms with van der Waals surface area (Å²) in [4.78, 5) is 28.8. The van der Waals surface area contributed by atoms with E-state index in [1.165, 1.54) is 4.90 Å². The van der Waals surface area contributed by atoms with Gasteiger partial charge in [-0.05, 0) is 26.7 Å². The Labute approximate surface area is 126 Å². The summed E-state index contributed by atoms with van der Waals surface area (Å²) in [5.41, 5.74) is -1.87. The number of esters is 1. The van der Waals surface area contributed by atoms with Crippen LogP contribution in [0.2, 0.25) is 0 Å². The number of nitrogens with one attached hydrogen (secondary N) is 1. The number of piperazine rings is 1. The Kier molecular flexibility index (Phi) is 3.14. The molecule has 21 heavy (non-hydrogen) atoms. The van der Waals surface area contributed by atoms with Gasteiger partial charge in [-0.15, -0.1) is 0 Å². The molecule has 3 aliphatic rings. The summed E-state index contributed by atoms with van der Waals surface area (Å²) in [5, 5.41) is 0. The summed E-state index contributed by atoms with van der Waals surface area (Å²) in [6, 6.07) is 0. The Morgan fingerprint density at radius 2 is 1.86 bits per heavy atom. The van der Waals surface area contributed by atoms with Crippen LogP contribution in [-0.4, -0.2) is 55.1 Å². The van der Waals surface area contributed by atoms with Gasteiger partial charge in [0, 0.05) is 5.41 Å². The molecule has 5 heteroatoms. The van der Waals surface area contributed by atoms with Crippen LogP contribution in [0.4, 0.5) is 0 Å². The van der Waals surface area contributed by atoms with Crippen LogP contribution in [0, 0.1) is 10.8 Å². The van der Waals surface area contributed by atoms with E-state index in [-0.39, 0.29) is 11.9 Å². The van der Waals surface area contributed by atoms with Gasteiger partial charge in [-0.3, -0.25) is 9.59 Å². The van der Waals surface area contributed by atoms with E-state index in [2.05, 4.69) is 6.92 Å². The van der Waals surface area contributed by atoms with Gasteiger partial charge in [-0.1, -0.05) is 13.8 Å². The van der Waals surface area contributed by atoms with Crippen molar-refractivity contribution in [2.45, 2.75) is 46.1 Å². The lowest BCUT2D eigenvalue weighted by Gasteiger charge is -2.41. The number of likely N-dealkylation sites (N-methyl/N-ethyl adjacent to an activating group) is 1. The Balaban J connectivity index is 1.84. The van der Waals surface area contributed by atoms with Gasteiger partial charge in [0.1, 0.15) is 0 Å². The third-order valence-electron chi connectivity index (χ3n) is 6.69. The summed E-state index contributed by atoms with van der Waals surface area (Å²) in [7, 11) is 0. The van der Waals surface area contributed by atoms with Gasteiger partial charge >= 0.3 is 5.97 Å². The molecule has 3 rings (SSSR count). The molecule has 2 saturated heterocycles. The van der Waals surface area contributed by atoms with Gasteiger partial charge < -0.3 is 14.5 Å². The van der Waals surface area contributed by atoms with E-state index in [4.69, 9.17) is 4.74 Å². The van der Waals surface area contributed by atoms with Crippen molar-refractivity contribution in [1.82, 2.24) is 4.90 Å². The molecular weight excluding hydrogens is 268 g/mol. The summed E-state index contributed by atoms with van der Waals surface area (Å²) < 4.78 is 5.70. The third-order valence-corrected chi connectivity index (χ3v) is 6.69. The number of carbonyl (C=O) groups excluding carboxylic acids is 2. The number of nitrogens with zero attached hydrogens (tertiary/aromatic N) is 1. The molecule has 0 aromatic carbocycles. The lowest BCUT2D eigenvalue weighted by atomic mass is 9.66. The maximum absolute atomic E-state index is 13.1. The summed E-state index contributed by atoms with van der Waals surface area (Å²) in [6.07, 6.45) is 1.42. The van der Waals surface area contributed by atoms with Crippen molar-refractivity contribution in [2.24, 2.45) is 10.8 Å². The lowest BCUT2D eigenvalue weighted by Crippen LogP contribution is -3.14. The van der Waals surface area contributed by atoms with Gasteiger partial charge in [0.15, 0.2) is 5.60 Å². The normalized spacial score (nSPS) is 38.7. The molecule has 5 nitrogen and oxygen atoms in total. The van der Waals surface area contributed by atoms with Crippen LogP contribution >= 0.6 is 0 Å². The Morgan fingerprint density at radius 3 is 2.29 bits per heavy atom.